The van der Waals surface area contributed by atoms with Crippen molar-refractivity contribution in [1.82, 2.24) is 15.2 Å². The van der Waals surface area contributed by atoms with Crippen LogP contribution in [-0.4, -0.2) is 26.8 Å². The van der Waals surface area contributed by atoms with Gasteiger partial charge in [-0.3, -0.25) is 4.79 Å². The topological polar surface area (TPSA) is 80.9 Å². The third kappa shape index (κ3) is 3.76. The zero-order valence-corrected chi connectivity index (χ0v) is 15.4. The van der Waals surface area contributed by atoms with Crippen LogP contribution >= 0.6 is 23.1 Å². The van der Waals surface area contributed by atoms with E-state index >= 15 is 0 Å². The lowest BCUT2D eigenvalue weighted by Crippen LogP contribution is -2.13. The summed E-state index contributed by atoms with van der Waals surface area (Å²) in [5, 5.41) is 11.7. The number of rotatable bonds is 5. The van der Waals surface area contributed by atoms with Gasteiger partial charge in [0.15, 0.2) is 5.13 Å². The van der Waals surface area contributed by atoms with Gasteiger partial charge in [-0.1, -0.05) is 47.4 Å². The molecule has 0 fully saturated rings. The molecule has 0 aliphatic carbocycles. The summed E-state index contributed by atoms with van der Waals surface area (Å²) in [6.07, 6.45) is 0. The van der Waals surface area contributed by atoms with Crippen LogP contribution in [0.3, 0.4) is 0 Å². The van der Waals surface area contributed by atoms with Crippen molar-refractivity contribution in [2.45, 2.75) is 12.1 Å². The van der Waals surface area contributed by atoms with E-state index in [2.05, 4.69) is 26.6 Å². The molecule has 0 radical (unpaired) electrons. The molecule has 26 heavy (non-hydrogen) atoms. The van der Waals surface area contributed by atoms with E-state index in [0.29, 0.717) is 16.2 Å². The number of hydrogen-bond donors (Lipinski definition) is 1. The fraction of sp³-hybridized carbons (Fsp3) is 0.111. The van der Waals surface area contributed by atoms with E-state index in [9.17, 15) is 4.79 Å². The second kappa shape index (κ2) is 7.27. The summed E-state index contributed by atoms with van der Waals surface area (Å²) in [6.45, 7) is 2.03. The average molecular weight is 382 g/mol. The van der Waals surface area contributed by atoms with Gasteiger partial charge in [0, 0.05) is 5.56 Å². The van der Waals surface area contributed by atoms with Crippen LogP contribution in [0.15, 0.2) is 58.2 Å². The van der Waals surface area contributed by atoms with Gasteiger partial charge in [0.05, 0.1) is 16.0 Å². The SMILES string of the molecule is Cc1ccc2nc(NC(=O)CSc3nnc(-c4ccccc4)o3)sc2c1. The molecule has 2 aromatic carbocycles. The van der Waals surface area contributed by atoms with E-state index in [1.807, 2.05) is 49.4 Å². The molecule has 6 nitrogen and oxygen atoms in total. The maximum Gasteiger partial charge on any atom is 0.277 e. The first-order valence-electron chi connectivity index (χ1n) is 7.86. The Morgan fingerprint density at radius 3 is 2.88 bits per heavy atom. The first-order chi connectivity index (χ1) is 12.7. The predicted molar refractivity (Wildman–Crippen MR) is 103 cm³/mol. The normalized spacial score (nSPS) is 11.0. The zero-order valence-electron chi connectivity index (χ0n) is 13.8. The summed E-state index contributed by atoms with van der Waals surface area (Å²) in [4.78, 5) is 16.6. The lowest BCUT2D eigenvalue weighted by molar-refractivity contribution is -0.113. The van der Waals surface area contributed by atoms with Crippen LogP contribution in [-0.2, 0) is 4.79 Å². The van der Waals surface area contributed by atoms with Gasteiger partial charge in [0.2, 0.25) is 11.8 Å². The molecule has 130 valence electrons. The number of thiazole rings is 1. The van der Waals surface area contributed by atoms with Crippen molar-refractivity contribution in [3.05, 3.63) is 54.1 Å². The van der Waals surface area contributed by atoms with E-state index in [4.69, 9.17) is 4.42 Å². The van der Waals surface area contributed by atoms with Gasteiger partial charge in [-0.15, -0.1) is 10.2 Å². The van der Waals surface area contributed by atoms with Crippen molar-refractivity contribution in [3.8, 4) is 11.5 Å². The van der Waals surface area contributed by atoms with Crippen LogP contribution in [0.25, 0.3) is 21.7 Å². The van der Waals surface area contributed by atoms with Gasteiger partial charge in [0.25, 0.3) is 5.22 Å². The number of aryl methyl sites for hydroxylation is 1. The maximum atomic E-state index is 12.2. The number of aromatic nitrogens is 3. The van der Waals surface area contributed by atoms with Crippen LogP contribution in [0.5, 0.6) is 0 Å². The van der Waals surface area contributed by atoms with E-state index in [0.717, 1.165) is 15.8 Å². The molecule has 0 unspecified atom stereocenters. The summed E-state index contributed by atoms with van der Waals surface area (Å²) in [5.41, 5.74) is 2.90. The summed E-state index contributed by atoms with van der Waals surface area (Å²) in [7, 11) is 0. The summed E-state index contributed by atoms with van der Waals surface area (Å²) >= 11 is 2.66. The van der Waals surface area contributed by atoms with Crippen LogP contribution in [0.4, 0.5) is 5.13 Å². The Morgan fingerprint density at radius 1 is 1.19 bits per heavy atom. The molecule has 1 N–H and O–H groups in total. The minimum absolute atomic E-state index is 0.162. The number of amides is 1. The molecule has 0 bridgehead atoms. The number of nitrogens with zero attached hydrogens (tertiary/aromatic N) is 3. The number of carbonyl (C=O) groups excluding carboxylic acids is 1. The molecule has 0 saturated carbocycles. The van der Waals surface area contributed by atoms with Crippen LogP contribution in [0.1, 0.15) is 5.56 Å². The minimum atomic E-state index is -0.162. The molecule has 2 heterocycles. The predicted octanol–water partition coefficient (Wildman–Crippen LogP) is 4.39. The van der Waals surface area contributed by atoms with Crippen molar-refractivity contribution >= 4 is 44.4 Å². The third-order valence-corrected chi connectivity index (χ3v) is 5.30. The highest BCUT2D eigenvalue weighted by molar-refractivity contribution is 7.99. The summed E-state index contributed by atoms with van der Waals surface area (Å²) < 4.78 is 6.63. The Labute approximate surface area is 157 Å². The maximum absolute atomic E-state index is 12.2. The van der Waals surface area contributed by atoms with Crippen molar-refractivity contribution in [3.63, 3.8) is 0 Å². The lowest BCUT2D eigenvalue weighted by Gasteiger charge is -1.98. The Morgan fingerprint density at radius 2 is 2.04 bits per heavy atom. The van der Waals surface area contributed by atoms with E-state index in [-0.39, 0.29) is 11.7 Å². The van der Waals surface area contributed by atoms with Gasteiger partial charge in [-0.05, 0) is 36.8 Å². The van der Waals surface area contributed by atoms with Crippen LogP contribution in [0.2, 0.25) is 0 Å². The molecule has 2 aromatic heterocycles. The fourth-order valence-corrected chi connectivity index (χ4v) is 3.88. The first kappa shape index (κ1) is 16.7. The van der Waals surface area contributed by atoms with Crippen molar-refractivity contribution < 1.29 is 9.21 Å². The summed E-state index contributed by atoms with van der Waals surface area (Å²) in [6, 6.07) is 15.5. The number of thioether (sulfide) groups is 1. The molecule has 8 heteroatoms. The number of fused-ring (bicyclic) bond motifs is 1. The number of hydrogen-bond acceptors (Lipinski definition) is 7. The molecule has 0 atom stereocenters. The fourth-order valence-electron chi connectivity index (χ4n) is 2.33. The second-order valence-corrected chi connectivity index (χ2v) is 7.52. The number of carbonyl (C=O) groups is 1. The Kier molecular flexibility index (Phi) is 4.68. The Hall–Kier alpha value is -2.71. The van der Waals surface area contributed by atoms with Gasteiger partial charge in [-0.2, -0.15) is 0 Å². The van der Waals surface area contributed by atoms with Gasteiger partial charge in [0.1, 0.15) is 0 Å². The minimum Gasteiger partial charge on any atom is -0.411 e. The smallest absolute Gasteiger partial charge is 0.277 e. The molecule has 0 aliphatic rings. The van der Waals surface area contributed by atoms with Crippen molar-refractivity contribution in [2.75, 3.05) is 11.1 Å². The Balaban J connectivity index is 1.37. The standard InChI is InChI=1S/C18H14N4O2S2/c1-11-7-8-13-14(9-11)26-17(19-13)20-15(23)10-25-18-22-21-16(24-18)12-5-3-2-4-6-12/h2-9H,10H2,1H3,(H,19,20,23). The highest BCUT2D eigenvalue weighted by Gasteiger charge is 2.12. The lowest BCUT2D eigenvalue weighted by atomic mass is 10.2. The average Bonchev–Trinajstić information content (AvgIpc) is 3.27. The van der Waals surface area contributed by atoms with Crippen molar-refractivity contribution in [2.24, 2.45) is 0 Å². The van der Waals surface area contributed by atoms with Gasteiger partial charge < -0.3 is 9.73 Å². The van der Waals surface area contributed by atoms with E-state index in [1.165, 1.54) is 28.7 Å². The van der Waals surface area contributed by atoms with E-state index < -0.39 is 0 Å². The molecular formula is C18H14N4O2S2. The van der Waals surface area contributed by atoms with Crippen LogP contribution < -0.4 is 5.32 Å². The van der Waals surface area contributed by atoms with Gasteiger partial charge in [-0.25, -0.2) is 4.98 Å². The van der Waals surface area contributed by atoms with E-state index in [1.54, 1.807) is 0 Å². The zero-order chi connectivity index (χ0) is 17.9. The summed E-state index contributed by atoms with van der Waals surface area (Å²) in [5.74, 6) is 0.450. The molecule has 0 aliphatic heterocycles. The molecule has 1 amide bonds. The monoisotopic (exact) mass is 382 g/mol. The molecule has 4 rings (SSSR count). The second-order valence-electron chi connectivity index (χ2n) is 5.57. The first-order valence-corrected chi connectivity index (χ1v) is 9.66. The quantitative estimate of drug-likeness (QED) is 0.516. The largest absolute Gasteiger partial charge is 0.411 e. The molecular weight excluding hydrogens is 368 g/mol. The third-order valence-electron chi connectivity index (χ3n) is 3.54. The Bertz CT molecular complexity index is 1060. The van der Waals surface area contributed by atoms with Crippen molar-refractivity contribution in [1.29, 1.82) is 0 Å². The molecule has 0 saturated heterocycles. The number of benzene rings is 2. The van der Waals surface area contributed by atoms with Crippen LogP contribution in [0, 0.1) is 6.92 Å². The molecule has 0 spiro atoms. The van der Waals surface area contributed by atoms with Gasteiger partial charge >= 0.3 is 0 Å². The number of nitrogens with one attached hydrogen (secondary N) is 1. The highest BCUT2D eigenvalue weighted by Crippen LogP contribution is 2.27. The molecule has 4 aromatic rings. The number of anilines is 1. The highest BCUT2D eigenvalue weighted by atomic mass is 32.2.